The lowest BCUT2D eigenvalue weighted by Crippen LogP contribution is -2.53. The van der Waals surface area contributed by atoms with Gasteiger partial charge in [0.05, 0.1) is 23.6 Å². The summed E-state index contributed by atoms with van der Waals surface area (Å²) in [5.74, 6) is -0.498. The maximum atomic E-state index is 11.2. The average molecular weight is 236 g/mol. The number of hydrogen-bond donors (Lipinski definition) is 4. The number of nitrogens with two attached hydrogens (primary N) is 2. The van der Waals surface area contributed by atoms with Gasteiger partial charge in [0.2, 0.25) is 0 Å². The van der Waals surface area contributed by atoms with E-state index in [9.17, 15) is 18.0 Å². The van der Waals surface area contributed by atoms with Crippen LogP contribution in [0.2, 0.25) is 0 Å². The molecular weight excluding hydrogens is 224 g/mol. The SMILES string of the molecule is NC(=O)N[C@H]1CS(=O)(=O)C[C@@H]1NC(N)=O. The summed E-state index contributed by atoms with van der Waals surface area (Å²) in [5, 5.41) is 4.48. The highest BCUT2D eigenvalue weighted by Gasteiger charge is 2.38. The summed E-state index contributed by atoms with van der Waals surface area (Å²) in [5.41, 5.74) is 9.73. The van der Waals surface area contributed by atoms with Crippen molar-refractivity contribution in [2.45, 2.75) is 12.1 Å². The fourth-order valence-electron chi connectivity index (χ4n) is 1.50. The first-order chi connectivity index (χ1) is 6.80. The van der Waals surface area contributed by atoms with Gasteiger partial charge in [0.1, 0.15) is 0 Å². The number of amides is 4. The molecule has 15 heavy (non-hydrogen) atoms. The highest BCUT2D eigenvalue weighted by molar-refractivity contribution is 7.91. The number of nitrogens with one attached hydrogen (secondary N) is 2. The number of urea groups is 2. The minimum absolute atomic E-state index is 0.249. The molecule has 4 amide bonds. The zero-order valence-corrected chi connectivity index (χ0v) is 8.58. The minimum Gasteiger partial charge on any atom is -0.352 e. The van der Waals surface area contributed by atoms with Crippen molar-refractivity contribution in [1.29, 1.82) is 0 Å². The zero-order chi connectivity index (χ0) is 11.6. The van der Waals surface area contributed by atoms with Crippen molar-refractivity contribution in [3.05, 3.63) is 0 Å². The lowest BCUT2D eigenvalue weighted by molar-refractivity contribution is 0.237. The van der Waals surface area contributed by atoms with Crippen LogP contribution in [-0.4, -0.2) is 44.1 Å². The smallest absolute Gasteiger partial charge is 0.312 e. The van der Waals surface area contributed by atoms with Crippen molar-refractivity contribution in [2.75, 3.05) is 11.5 Å². The molecule has 2 atom stereocenters. The van der Waals surface area contributed by atoms with Gasteiger partial charge in [-0.1, -0.05) is 0 Å². The number of hydrogen-bond acceptors (Lipinski definition) is 4. The Morgan fingerprint density at radius 3 is 1.60 bits per heavy atom. The molecule has 0 aromatic rings. The Balaban J connectivity index is 2.74. The van der Waals surface area contributed by atoms with Crippen LogP contribution in [0.15, 0.2) is 0 Å². The van der Waals surface area contributed by atoms with E-state index in [0.29, 0.717) is 0 Å². The van der Waals surface area contributed by atoms with Crippen LogP contribution < -0.4 is 22.1 Å². The fraction of sp³-hybridized carbons (Fsp3) is 0.667. The second-order valence-corrected chi connectivity index (χ2v) is 5.46. The zero-order valence-electron chi connectivity index (χ0n) is 7.76. The van der Waals surface area contributed by atoms with Gasteiger partial charge in [0.25, 0.3) is 0 Å². The Hall–Kier alpha value is -1.51. The Kier molecular flexibility index (Phi) is 3.03. The highest BCUT2D eigenvalue weighted by Crippen LogP contribution is 2.12. The summed E-state index contributed by atoms with van der Waals surface area (Å²) >= 11 is 0. The van der Waals surface area contributed by atoms with Crippen LogP contribution in [0, 0.1) is 0 Å². The van der Waals surface area contributed by atoms with E-state index in [1.807, 2.05) is 0 Å². The first-order valence-electron chi connectivity index (χ1n) is 4.12. The van der Waals surface area contributed by atoms with Crippen LogP contribution in [-0.2, 0) is 9.84 Å². The molecule has 6 N–H and O–H groups in total. The van der Waals surface area contributed by atoms with Crippen molar-refractivity contribution in [3.8, 4) is 0 Å². The summed E-state index contributed by atoms with van der Waals surface area (Å²) in [6, 6.07) is -3.12. The molecular formula is C6H12N4O4S. The molecule has 1 heterocycles. The van der Waals surface area contributed by atoms with Crippen LogP contribution in [0.5, 0.6) is 0 Å². The van der Waals surface area contributed by atoms with Gasteiger partial charge in [0, 0.05) is 0 Å². The summed E-state index contributed by atoms with van der Waals surface area (Å²) < 4.78 is 22.5. The molecule has 1 aliphatic rings. The van der Waals surface area contributed by atoms with Gasteiger partial charge in [-0.3, -0.25) is 0 Å². The van der Waals surface area contributed by atoms with Crippen molar-refractivity contribution in [1.82, 2.24) is 10.6 Å². The quantitative estimate of drug-likeness (QED) is 0.419. The molecule has 1 aliphatic heterocycles. The Bertz CT molecular complexity index is 349. The van der Waals surface area contributed by atoms with Gasteiger partial charge in [-0.15, -0.1) is 0 Å². The second kappa shape index (κ2) is 3.93. The third kappa shape index (κ3) is 3.27. The standard InChI is InChI=1S/C6H12N4O4S/c7-5(11)9-3-1-15(13,14)2-4(3)10-6(8)12/h3-4H,1-2H2,(H3,7,9,11)(H3,8,10,12)/t3-,4-/m0/s1. The molecule has 0 bridgehead atoms. The van der Waals surface area contributed by atoms with E-state index in [2.05, 4.69) is 10.6 Å². The topological polar surface area (TPSA) is 144 Å². The molecule has 8 nitrogen and oxygen atoms in total. The maximum Gasteiger partial charge on any atom is 0.312 e. The minimum atomic E-state index is -3.28. The van der Waals surface area contributed by atoms with E-state index >= 15 is 0 Å². The maximum absolute atomic E-state index is 11.2. The molecule has 0 aromatic carbocycles. The largest absolute Gasteiger partial charge is 0.352 e. The monoisotopic (exact) mass is 236 g/mol. The summed E-state index contributed by atoms with van der Waals surface area (Å²) in [4.78, 5) is 21.1. The Morgan fingerprint density at radius 1 is 1.00 bits per heavy atom. The number of rotatable bonds is 2. The van der Waals surface area contributed by atoms with E-state index in [1.54, 1.807) is 0 Å². The van der Waals surface area contributed by atoms with Gasteiger partial charge < -0.3 is 22.1 Å². The molecule has 0 spiro atoms. The molecule has 1 fully saturated rings. The summed E-state index contributed by atoms with van der Waals surface area (Å²) in [7, 11) is -3.28. The van der Waals surface area contributed by atoms with Crippen LogP contribution in [0.3, 0.4) is 0 Å². The summed E-state index contributed by atoms with van der Waals surface area (Å²) in [6.45, 7) is 0. The molecule has 9 heteroatoms. The summed E-state index contributed by atoms with van der Waals surface area (Å²) in [6.07, 6.45) is 0. The highest BCUT2D eigenvalue weighted by atomic mass is 32.2. The van der Waals surface area contributed by atoms with E-state index in [-0.39, 0.29) is 11.5 Å². The molecule has 86 valence electrons. The molecule has 0 unspecified atom stereocenters. The molecule has 1 rings (SSSR count). The third-order valence-electron chi connectivity index (χ3n) is 2.01. The van der Waals surface area contributed by atoms with E-state index in [0.717, 1.165) is 0 Å². The predicted molar refractivity (Wildman–Crippen MR) is 51.7 cm³/mol. The Morgan fingerprint density at radius 2 is 1.33 bits per heavy atom. The molecule has 0 aromatic heterocycles. The number of carbonyl (C=O) groups is 2. The average Bonchev–Trinajstić information content (AvgIpc) is 2.22. The van der Waals surface area contributed by atoms with Crippen molar-refractivity contribution < 1.29 is 18.0 Å². The van der Waals surface area contributed by atoms with Crippen LogP contribution in [0.1, 0.15) is 0 Å². The van der Waals surface area contributed by atoms with Gasteiger partial charge >= 0.3 is 12.1 Å². The van der Waals surface area contributed by atoms with Crippen LogP contribution in [0.4, 0.5) is 9.59 Å². The van der Waals surface area contributed by atoms with Crippen molar-refractivity contribution in [2.24, 2.45) is 11.5 Å². The predicted octanol–water partition coefficient (Wildman–Crippen LogP) is -2.51. The van der Waals surface area contributed by atoms with E-state index < -0.39 is 34.0 Å². The number of carbonyl (C=O) groups excluding carboxylic acids is 2. The van der Waals surface area contributed by atoms with Gasteiger partial charge in [-0.05, 0) is 0 Å². The molecule has 0 aliphatic carbocycles. The van der Waals surface area contributed by atoms with E-state index in [4.69, 9.17) is 11.5 Å². The molecule has 0 saturated carbocycles. The van der Waals surface area contributed by atoms with Crippen LogP contribution >= 0.6 is 0 Å². The molecule has 1 saturated heterocycles. The van der Waals surface area contributed by atoms with Crippen LogP contribution in [0.25, 0.3) is 0 Å². The first-order valence-corrected chi connectivity index (χ1v) is 5.94. The number of sulfone groups is 1. The third-order valence-corrected chi connectivity index (χ3v) is 3.74. The fourth-order valence-corrected chi connectivity index (χ4v) is 3.36. The Labute approximate surface area is 86.3 Å². The molecule has 0 radical (unpaired) electrons. The number of primary amides is 2. The van der Waals surface area contributed by atoms with E-state index in [1.165, 1.54) is 0 Å². The lowest BCUT2D eigenvalue weighted by atomic mass is 10.2. The second-order valence-electron chi connectivity index (χ2n) is 3.31. The van der Waals surface area contributed by atoms with Crippen molar-refractivity contribution >= 4 is 21.9 Å². The lowest BCUT2D eigenvalue weighted by Gasteiger charge is -2.18. The van der Waals surface area contributed by atoms with Gasteiger partial charge in [0.15, 0.2) is 9.84 Å². The van der Waals surface area contributed by atoms with Gasteiger partial charge in [-0.2, -0.15) is 0 Å². The first kappa shape index (κ1) is 11.6. The van der Waals surface area contributed by atoms with Gasteiger partial charge in [-0.25, -0.2) is 18.0 Å². The van der Waals surface area contributed by atoms with Crippen molar-refractivity contribution in [3.63, 3.8) is 0 Å². The normalized spacial score (nSPS) is 28.3.